The Labute approximate surface area is 290 Å². The van der Waals surface area contributed by atoms with Gasteiger partial charge in [-0.1, -0.05) is 147 Å². The smallest absolute Gasteiger partial charge is 0.0478 e. The average molecular weight is 649 g/mol. The van der Waals surface area contributed by atoms with Gasteiger partial charge in [0.2, 0.25) is 0 Å². The Morgan fingerprint density at radius 3 is 1.00 bits per heavy atom. The molecule has 0 bridgehead atoms. The largest absolute Gasteiger partial charge is 0.381 e. The Morgan fingerprint density at radius 1 is 0.326 bits per heavy atom. The van der Waals surface area contributed by atoms with Crippen LogP contribution in [0.2, 0.25) is 0 Å². The number of rotatable bonds is 37. The Kier molecular flexibility index (Phi) is 49.7. The summed E-state index contributed by atoms with van der Waals surface area (Å²) in [7, 11) is 0. The topological polar surface area (TPSA) is 70.5 Å². The maximum absolute atomic E-state index is 5.50. The highest BCUT2D eigenvalue weighted by atomic mass is 16.5. The number of hydrogen-bond acceptors (Lipinski definition) is 4. The lowest BCUT2D eigenvalue weighted by atomic mass is 10.1. The number of hydrogen-bond donors (Lipinski definition) is 2. The minimum Gasteiger partial charge on any atom is -0.381 e. The molecule has 274 valence electrons. The molecule has 0 atom stereocenters. The highest BCUT2D eigenvalue weighted by Crippen LogP contribution is 2.11. The summed E-state index contributed by atoms with van der Waals surface area (Å²) >= 11 is 0. The summed E-state index contributed by atoms with van der Waals surface area (Å²) in [6.45, 7) is 9.51. The van der Waals surface area contributed by atoms with E-state index < -0.39 is 0 Å². The van der Waals surface area contributed by atoms with Crippen molar-refractivity contribution in [2.45, 2.75) is 194 Å². The lowest BCUT2D eigenvalue weighted by Gasteiger charge is -2.03. The van der Waals surface area contributed by atoms with E-state index in [2.05, 4.69) is 50.3 Å². The first-order valence-electron chi connectivity index (χ1n) is 20.3. The lowest BCUT2D eigenvalue weighted by Crippen LogP contribution is -2.04. The van der Waals surface area contributed by atoms with Gasteiger partial charge in [-0.25, -0.2) is 0 Å². The molecule has 0 spiro atoms. The molecule has 0 heterocycles. The van der Waals surface area contributed by atoms with Gasteiger partial charge >= 0.3 is 0 Å². The summed E-state index contributed by atoms with van der Waals surface area (Å²) in [5.41, 5.74) is 10.8. The second-order valence-electron chi connectivity index (χ2n) is 13.0. The second kappa shape index (κ2) is 48.5. The quantitative estimate of drug-likeness (QED) is 0.0519. The van der Waals surface area contributed by atoms with Crippen LogP contribution in [0.25, 0.3) is 0 Å². The molecule has 0 radical (unpaired) electrons. The monoisotopic (exact) mass is 649 g/mol. The Morgan fingerprint density at radius 2 is 0.609 bits per heavy atom. The molecule has 0 unspecified atom stereocenters. The van der Waals surface area contributed by atoms with E-state index in [9.17, 15) is 0 Å². The number of nitrogens with two attached hydrogens (primary N) is 2. The van der Waals surface area contributed by atoms with Crippen molar-refractivity contribution in [3.05, 3.63) is 36.5 Å². The third-order valence-corrected chi connectivity index (χ3v) is 8.28. The third kappa shape index (κ3) is 49.9. The summed E-state index contributed by atoms with van der Waals surface area (Å²) in [6, 6.07) is 0. The molecule has 4 N–H and O–H groups in total. The molecule has 0 rings (SSSR count). The molecule has 4 heteroatoms. The average Bonchev–Trinajstić information content (AvgIpc) is 3.07. The molecule has 0 aliphatic rings. The molecule has 0 aliphatic carbocycles. The van der Waals surface area contributed by atoms with Crippen LogP contribution in [0.4, 0.5) is 0 Å². The molecule has 0 amide bonds. The molecular weight excluding hydrogens is 564 g/mol. The van der Waals surface area contributed by atoms with Gasteiger partial charge in [-0.15, -0.1) is 0 Å². The number of allylic oxidation sites excluding steroid dienone is 6. The van der Waals surface area contributed by atoms with E-state index >= 15 is 0 Å². The number of ether oxygens (including phenoxy) is 2. The summed E-state index contributed by atoms with van der Waals surface area (Å²) in [5.74, 6) is 0. The van der Waals surface area contributed by atoms with Crippen molar-refractivity contribution in [2.75, 3.05) is 39.5 Å². The fraction of sp³-hybridized carbons (Fsp3) is 0.857. The van der Waals surface area contributed by atoms with Gasteiger partial charge in [0, 0.05) is 26.4 Å². The van der Waals surface area contributed by atoms with E-state index in [1.54, 1.807) is 0 Å². The zero-order valence-electron chi connectivity index (χ0n) is 31.5. The van der Waals surface area contributed by atoms with Crippen LogP contribution >= 0.6 is 0 Å². The van der Waals surface area contributed by atoms with Crippen LogP contribution in [0.5, 0.6) is 0 Å². The molecule has 0 aromatic heterocycles. The normalized spacial score (nSPS) is 11.7. The number of unbranched alkanes of at least 4 members (excludes halogenated alkanes) is 21. The predicted molar refractivity (Wildman–Crippen MR) is 208 cm³/mol. The minimum absolute atomic E-state index is 0.740. The van der Waals surface area contributed by atoms with Crippen LogP contribution in [0.3, 0.4) is 0 Å². The van der Waals surface area contributed by atoms with Crippen LogP contribution in [-0.4, -0.2) is 39.5 Å². The van der Waals surface area contributed by atoms with Gasteiger partial charge in [-0.05, 0) is 96.6 Å². The Hall–Kier alpha value is -0.940. The molecule has 0 fully saturated rings. The van der Waals surface area contributed by atoms with Crippen molar-refractivity contribution in [3.63, 3.8) is 0 Å². The van der Waals surface area contributed by atoms with E-state index in [-0.39, 0.29) is 0 Å². The van der Waals surface area contributed by atoms with Crippen LogP contribution < -0.4 is 11.5 Å². The van der Waals surface area contributed by atoms with Crippen LogP contribution in [-0.2, 0) is 9.47 Å². The highest BCUT2D eigenvalue weighted by Gasteiger charge is 1.94. The van der Waals surface area contributed by atoms with Gasteiger partial charge in [-0.2, -0.15) is 0 Å². The van der Waals surface area contributed by atoms with Gasteiger partial charge in [0.05, 0.1) is 0 Å². The van der Waals surface area contributed by atoms with Crippen LogP contribution in [0.15, 0.2) is 36.5 Å². The van der Waals surface area contributed by atoms with E-state index in [4.69, 9.17) is 20.9 Å². The SMILES string of the molecule is CCCCC/C=C/C/C=C/CCCCCCCCOCCCN.CCCCCCCC/C=C/CCCCCCCCOCCCN. The Bertz CT molecular complexity index is 590. The van der Waals surface area contributed by atoms with Gasteiger partial charge in [0.15, 0.2) is 0 Å². The summed E-state index contributed by atoms with van der Waals surface area (Å²) in [6.07, 6.45) is 50.6. The van der Waals surface area contributed by atoms with Crippen molar-refractivity contribution >= 4 is 0 Å². The molecule has 46 heavy (non-hydrogen) atoms. The third-order valence-electron chi connectivity index (χ3n) is 8.28. The highest BCUT2D eigenvalue weighted by molar-refractivity contribution is 4.92. The molecule has 0 aromatic carbocycles. The fourth-order valence-corrected chi connectivity index (χ4v) is 5.22. The zero-order valence-corrected chi connectivity index (χ0v) is 31.5. The molecule has 0 saturated heterocycles. The molecule has 4 nitrogen and oxygen atoms in total. The summed E-state index contributed by atoms with van der Waals surface area (Å²) in [4.78, 5) is 0. The van der Waals surface area contributed by atoms with Gasteiger partial charge in [-0.3, -0.25) is 0 Å². The maximum atomic E-state index is 5.50. The zero-order chi connectivity index (χ0) is 33.7. The van der Waals surface area contributed by atoms with Crippen molar-refractivity contribution in [3.8, 4) is 0 Å². The van der Waals surface area contributed by atoms with Crippen molar-refractivity contribution < 1.29 is 9.47 Å². The van der Waals surface area contributed by atoms with Crippen molar-refractivity contribution in [1.29, 1.82) is 0 Å². The molecule has 0 aromatic rings. The second-order valence-corrected chi connectivity index (χ2v) is 13.0. The molecule has 0 saturated carbocycles. The van der Waals surface area contributed by atoms with Crippen molar-refractivity contribution in [1.82, 2.24) is 0 Å². The fourth-order valence-electron chi connectivity index (χ4n) is 5.22. The minimum atomic E-state index is 0.740. The van der Waals surface area contributed by atoms with E-state index in [0.717, 1.165) is 58.8 Å². The van der Waals surface area contributed by atoms with E-state index in [1.807, 2.05) is 0 Å². The van der Waals surface area contributed by atoms with Gasteiger partial charge in [0.25, 0.3) is 0 Å². The van der Waals surface area contributed by atoms with Gasteiger partial charge in [0.1, 0.15) is 0 Å². The van der Waals surface area contributed by atoms with Gasteiger partial charge < -0.3 is 20.9 Å². The van der Waals surface area contributed by atoms with E-state index in [0.29, 0.717) is 0 Å². The van der Waals surface area contributed by atoms with Crippen LogP contribution in [0, 0.1) is 0 Å². The van der Waals surface area contributed by atoms with E-state index in [1.165, 1.54) is 161 Å². The Balaban J connectivity index is 0. The first-order chi connectivity index (χ1) is 22.8. The van der Waals surface area contributed by atoms with Crippen molar-refractivity contribution in [2.24, 2.45) is 11.5 Å². The standard InChI is InChI=1S/C21H43NO.C21H41NO/c2*1-2-3-4-5-6-7-8-9-10-11-12-13-14-15-16-17-20-23-21-18-19-22/h9-10H,2-8,11-22H2,1H3;6-7,9-10H,2-5,8,11-22H2,1H3/b10-9+;7-6+,10-9+. The molecular formula is C42H84N2O2. The summed E-state index contributed by atoms with van der Waals surface area (Å²) < 4.78 is 11.0. The first kappa shape index (κ1) is 47.2. The lowest BCUT2D eigenvalue weighted by molar-refractivity contribution is 0.129. The predicted octanol–water partition coefficient (Wildman–Crippen LogP) is 12.6. The summed E-state index contributed by atoms with van der Waals surface area (Å²) in [5, 5.41) is 0. The molecule has 0 aliphatic heterocycles. The first-order valence-corrected chi connectivity index (χ1v) is 20.3. The van der Waals surface area contributed by atoms with Crippen LogP contribution in [0.1, 0.15) is 194 Å². The maximum Gasteiger partial charge on any atom is 0.0478 e.